The van der Waals surface area contributed by atoms with Gasteiger partial charge in [0.15, 0.2) is 0 Å². The van der Waals surface area contributed by atoms with E-state index in [1.165, 1.54) is 6.92 Å². The largest absolute Gasteiger partial charge is 0.413 e. The molecule has 0 aromatic heterocycles. The maximum absolute atomic E-state index is 11.8. The van der Waals surface area contributed by atoms with Crippen molar-refractivity contribution in [2.45, 2.75) is 58.7 Å². The number of hydrogen-bond acceptors (Lipinski definition) is 5. The van der Waals surface area contributed by atoms with E-state index >= 15 is 0 Å². The highest BCUT2D eigenvalue weighted by atomic mass is 32.3. The van der Waals surface area contributed by atoms with Gasteiger partial charge in [0.1, 0.15) is 6.10 Å². The Morgan fingerprint density at radius 1 is 1.15 bits per heavy atom. The van der Waals surface area contributed by atoms with Gasteiger partial charge in [-0.15, -0.1) is 0 Å². The Kier molecular flexibility index (Phi) is 10.3. The molecule has 20 heavy (non-hydrogen) atoms. The van der Waals surface area contributed by atoms with Gasteiger partial charge in [0.25, 0.3) is 0 Å². The second-order valence-corrected chi connectivity index (χ2v) is 8.41. The lowest BCUT2D eigenvalue weighted by Gasteiger charge is -2.40. The molecule has 0 saturated carbocycles. The highest BCUT2D eigenvalue weighted by molar-refractivity contribution is 8.30. The number of carbonyl (C=O) groups is 1. The van der Waals surface area contributed by atoms with Gasteiger partial charge in [0.2, 0.25) is 0 Å². The van der Waals surface area contributed by atoms with Crippen LogP contribution in [-0.2, 0) is 8.98 Å². The molecule has 0 bridgehead atoms. The van der Waals surface area contributed by atoms with Crippen molar-refractivity contribution in [1.29, 1.82) is 0 Å². The van der Waals surface area contributed by atoms with Crippen molar-refractivity contribution < 1.29 is 24.3 Å². The molecule has 6 heteroatoms. The fourth-order valence-electron chi connectivity index (χ4n) is 1.85. The van der Waals surface area contributed by atoms with Crippen molar-refractivity contribution in [2.75, 3.05) is 23.9 Å². The van der Waals surface area contributed by atoms with Crippen LogP contribution in [0.3, 0.4) is 0 Å². The lowest BCUT2D eigenvalue weighted by Crippen LogP contribution is -2.31. The van der Waals surface area contributed by atoms with Gasteiger partial charge in [-0.3, -0.25) is 0 Å². The Hall–Kier alpha value is -0.300. The normalized spacial score (nSPS) is 15.7. The molecule has 0 aliphatic rings. The first kappa shape index (κ1) is 19.7. The van der Waals surface area contributed by atoms with E-state index in [1.807, 2.05) is 0 Å². The third kappa shape index (κ3) is 7.47. The highest BCUT2D eigenvalue weighted by Crippen LogP contribution is 2.51. The van der Waals surface area contributed by atoms with Crippen LogP contribution in [0.2, 0.25) is 0 Å². The Labute approximate surface area is 123 Å². The number of aliphatic hydroxyl groups is 3. The van der Waals surface area contributed by atoms with Crippen molar-refractivity contribution >= 4 is 16.3 Å². The molecule has 0 aromatic rings. The molecular weight excluding hydrogens is 280 g/mol. The van der Waals surface area contributed by atoms with E-state index in [-0.39, 0.29) is 6.61 Å². The minimum atomic E-state index is -1.80. The van der Waals surface area contributed by atoms with Crippen LogP contribution >= 0.6 is 10.3 Å². The number of rotatable bonds is 11. The summed E-state index contributed by atoms with van der Waals surface area (Å²) < 4.78 is 5.60. The molecule has 0 fully saturated rings. The highest BCUT2D eigenvalue weighted by Gasteiger charge is 2.31. The minimum absolute atomic E-state index is 0.294. The van der Waals surface area contributed by atoms with Crippen LogP contribution in [0.15, 0.2) is 0 Å². The number of unbranched alkanes of at least 4 members (excludes halogenated alkanes) is 2. The minimum Gasteiger partial charge on any atom is -0.413 e. The van der Waals surface area contributed by atoms with Crippen molar-refractivity contribution in [1.82, 2.24) is 0 Å². The molecule has 0 aliphatic heterocycles. The predicted octanol–water partition coefficient (Wildman–Crippen LogP) is 1.58. The first-order valence-corrected chi connectivity index (χ1v) is 9.44. The number of carbonyl (C=O) groups excluding carboxylic acids is 1. The van der Waals surface area contributed by atoms with Gasteiger partial charge >= 0.3 is 5.97 Å². The average Bonchev–Trinajstić information content (AvgIpc) is 2.42. The smallest absolute Gasteiger partial charge is 0.345 e. The van der Waals surface area contributed by atoms with Crippen LogP contribution in [0.25, 0.3) is 0 Å². The summed E-state index contributed by atoms with van der Waals surface area (Å²) in [7, 11) is -1.80. The van der Waals surface area contributed by atoms with Crippen molar-refractivity contribution in [3.63, 3.8) is 0 Å². The maximum atomic E-state index is 11.8. The Morgan fingerprint density at radius 2 is 1.65 bits per heavy atom. The summed E-state index contributed by atoms with van der Waals surface area (Å²) in [4.78, 5) is 11.8. The molecule has 3 N–H and O–H groups in total. The van der Waals surface area contributed by atoms with E-state index < -0.39 is 28.5 Å². The van der Waals surface area contributed by atoms with Crippen LogP contribution in [0.1, 0.15) is 46.5 Å². The van der Waals surface area contributed by atoms with Crippen LogP contribution in [-0.4, -0.2) is 57.4 Å². The maximum Gasteiger partial charge on any atom is 0.345 e. The molecule has 0 rings (SSSR count). The molecule has 5 nitrogen and oxygen atoms in total. The summed E-state index contributed by atoms with van der Waals surface area (Å²) in [6, 6.07) is 0. The summed E-state index contributed by atoms with van der Waals surface area (Å²) in [6.07, 6.45) is 1.73. The zero-order chi connectivity index (χ0) is 15.6. The monoisotopic (exact) mass is 310 g/mol. The quantitative estimate of drug-likeness (QED) is 0.539. The molecule has 122 valence electrons. The Morgan fingerprint density at radius 3 is 2.00 bits per heavy atom. The van der Waals surface area contributed by atoms with Gasteiger partial charge in [-0.25, -0.2) is 4.79 Å². The third-order valence-corrected chi connectivity index (χ3v) is 6.62. The third-order valence-electron chi connectivity index (χ3n) is 3.05. The molecule has 0 heterocycles. The first-order valence-electron chi connectivity index (χ1n) is 7.37. The van der Waals surface area contributed by atoms with Gasteiger partial charge in [-0.05, 0) is 19.8 Å². The fourth-order valence-corrected chi connectivity index (χ4v) is 5.54. The second-order valence-electron chi connectivity index (χ2n) is 5.16. The van der Waals surface area contributed by atoms with E-state index in [9.17, 15) is 15.0 Å². The molecule has 0 amide bonds. The molecule has 0 radical (unpaired) electrons. The zero-order valence-corrected chi connectivity index (χ0v) is 13.7. The average molecular weight is 310 g/mol. The van der Waals surface area contributed by atoms with Crippen LogP contribution in [0.5, 0.6) is 0 Å². The molecule has 0 spiro atoms. The van der Waals surface area contributed by atoms with Crippen molar-refractivity contribution in [3.8, 4) is 0 Å². The van der Waals surface area contributed by atoms with E-state index in [2.05, 4.69) is 13.8 Å². The summed E-state index contributed by atoms with van der Waals surface area (Å²) in [5.74, 6) is 1.11. The van der Waals surface area contributed by atoms with Crippen LogP contribution < -0.4 is 0 Å². The fraction of sp³-hybridized carbons (Fsp3) is 0.929. The van der Waals surface area contributed by atoms with E-state index in [1.54, 1.807) is 0 Å². The van der Waals surface area contributed by atoms with Gasteiger partial charge in [-0.1, -0.05) is 37.0 Å². The Balaban J connectivity index is 5.00. The Bertz CT molecular complexity index is 262. The van der Waals surface area contributed by atoms with Crippen LogP contribution in [0, 0.1) is 0 Å². The summed E-state index contributed by atoms with van der Waals surface area (Å²) in [6.45, 7) is 5.17. The van der Waals surface area contributed by atoms with Gasteiger partial charge in [0, 0.05) is 17.3 Å². The molecule has 2 unspecified atom stereocenters. The molecule has 0 saturated heterocycles. The number of aliphatic hydroxyl groups excluding tert-OH is 3. The van der Waals surface area contributed by atoms with Gasteiger partial charge in [0.05, 0.1) is 12.7 Å². The summed E-state index contributed by atoms with van der Waals surface area (Å²) in [5.41, 5.74) is 0. The molecule has 2 atom stereocenters. The summed E-state index contributed by atoms with van der Waals surface area (Å²) >= 11 is 0. The predicted molar refractivity (Wildman–Crippen MR) is 82.9 cm³/mol. The number of hydrogen-bond donors (Lipinski definition) is 3. The van der Waals surface area contributed by atoms with Crippen molar-refractivity contribution in [2.24, 2.45) is 0 Å². The van der Waals surface area contributed by atoms with Gasteiger partial charge < -0.3 is 19.5 Å². The molecule has 0 aromatic carbocycles. The van der Waals surface area contributed by atoms with Crippen LogP contribution in [0.4, 0.5) is 0 Å². The summed E-state index contributed by atoms with van der Waals surface area (Å²) in [5, 5.41) is 28.2. The lowest BCUT2D eigenvalue weighted by atomic mass is 10.4. The van der Waals surface area contributed by atoms with Crippen molar-refractivity contribution in [3.05, 3.63) is 0 Å². The van der Waals surface area contributed by atoms with E-state index in [0.717, 1.165) is 37.2 Å². The lowest BCUT2D eigenvalue weighted by molar-refractivity contribution is -0.141. The molecule has 0 aliphatic carbocycles. The van der Waals surface area contributed by atoms with E-state index in [4.69, 9.17) is 9.29 Å². The molecular formula is C14H30O5S. The standard InChI is InChI=1S/C14H30O5S/c1-4-6-8-20(9-7-5-2,11-13(17)10-15)19-14(18)12(3)16/h12-13,15-17H,4-11H2,1-3H3. The van der Waals surface area contributed by atoms with E-state index in [0.29, 0.717) is 5.75 Å². The zero-order valence-electron chi connectivity index (χ0n) is 12.9. The van der Waals surface area contributed by atoms with Gasteiger partial charge in [-0.2, -0.15) is 0 Å². The first-order chi connectivity index (χ1) is 9.40. The topological polar surface area (TPSA) is 87.0 Å². The second kappa shape index (κ2) is 10.4. The SMILES string of the molecule is CCCCS(CCCC)(CC(O)CO)OC(=O)C(C)O.